The Labute approximate surface area is 244 Å². The SMILES string of the molecule is CCCCCCCCCCCCCCOC(=O)CSSCC(=O)OCCCCCCCCCCCCCC. The molecule has 0 aromatic heterocycles. The van der Waals surface area contributed by atoms with Crippen molar-refractivity contribution < 1.29 is 19.1 Å². The van der Waals surface area contributed by atoms with E-state index < -0.39 is 0 Å². The average Bonchev–Trinajstić information content (AvgIpc) is 2.92. The minimum atomic E-state index is -0.185. The molecular formula is C32H62O4S2. The Morgan fingerprint density at radius 3 is 0.895 bits per heavy atom. The summed E-state index contributed by atoms with van der Waals surface area (Å²) in [5.41, 5.74) is 0. The van der Waals surface area contributed by atoms with Crippen LogP contribution >= 0.6 is 21.6 Å². The summed E-state index contributed by atoms with van der Waals surface area (Å²) in [7, 11) is 2.76. The second-order valence-electron chi connectivity index (χ2n) is 10.7. The molecule has 0 N–H and O–H groups in total. The Balaban J connectivity index is 3.27. The van der Waals surface area contributed by atoms with Gasteiger partial charge in [-0.05, 0) is 12.8 Å². The van der Waals surface area contributed by atoms with E-state index in [0.717, 1.165) is 25.7 Å². The molecule has 226 valence electrons. The van der Waals surface area contributed by atoms with Gasteiger partial charge in [0.25, 0.3) is 0 Å². The van der Waals surface area contributed by atoms with Crippen molar-refractivity contribution in [1.29, 1.82) is 0 Å². The fourth-order valence-corrected chi connectivity index (χ4v) is 6.12. The second kappa shape index (κ2) is 32.8. The molecule has 0 amide bonds. The molecule has 0 aromatic rings. The summed E-state index contributed by atoms with van der Waals surface area (Å²) in [6, 6.07) is 0. The molecule has 0 saturated heterocycles. The molecular weight excluding hydrogens is 512 g/mol. The van der Waals surface area contributed by atoms with Crippen LogP contribution in [0, 0.1) is 0 Å². The van der Waals surface area contributed by atoms with Gasteiger partial charge in [-0.3, -0.25) is 9.59 Å². The Hall–Kier alpha value is -0.360. The van der Waals surface area contributed by atoms with E-state index in [1.807, 2.05) is 0 Å². The Kier molecular flexibility index (Phi) is 32.5. The van der Waals surface area contributed by atoms with Crippen molar-refractivity contribution in [3.05, 3.63) is 0 Å². The van der Waals surface area contributed by atoms with Gasteiger partial charge in [0, 0.05) is 0 Å². The molecule has 0 aromatic carbocycles. The molecule has 4 nitrogen and oxygen atoms in total. The smallest absolute Gasteiger partial charge is 0.316 e. The molecule has 0 atom stereocenters. The van der Waals surface area contributed by atoms with Gasteiger partial charge in [0.1, 0.15) is 11.5 Å². The van der Waals surface area contributed by atoms with Crippen molar-refractivity contribution in [3.63, 3.8) is 0 Å². The summed E-state index contributed by atoms with van der Waals surface area (Å²) in [6.07, 6.45) is 31.2. The van der Waals surface area contributed by atoms with Gasteiger partial charge in [0.15, 0.2) is 0 Å². The lowest BCUT2D eigenvalue weighted by molar-refractivity contribution is -0.141. The normalized spacial score (nSPS) is 11.1. The van der Waals surface area contributed by atoms with Gasteiger partial charge in [-0.2, -0.15) is 0 Å². The zero-order chi connectivity index (χ0) is 27.8. The van der Waals surface area contributed by atoms with Gasteiger partial charge in [0.05, 0.1) is 13.2 Å². The molecule has 6 heteroatoms. The number of esters is 2. The highest BCUT2D eigenvalue weighted by Crippen LogP contribution is 2.21. The topological polar surface area (TPSA) is 52.6 Å². The first-order valence-electron chi connectivity index (χ1n) is 16.3. The average molecular weight is 575 g/mol. The molecule has 0 rings (SSSR count). The number of unbranched alkanes of at least 4 members (excludes halogenated alkanes) is 22. The van der Waals surface area contributed by atoms with E-state index in [4.69, 9.17) is 9.47 Å². The van der Waals surface area contributed by atoms with Crippen molar-refractivity contribution in [2.45, 2.75) is 168 Å². The highest BCUT2D eigenvalue weighted by atomic mass is 33.1. The molecule has 0 spiro atoms. The standard InChI is InChI=1S/C32H62O4S2/c1-3-5-7-9-11-13-15-17-19-21-23-25-27-35-31(33)29-37-38-30-32(34)36-28-26-24-22-20-18-16-14-12-10-8-6-4-2/h3-30H2,1-2H3. The largest absolute Gasteiger partial charge is 0.465 e. The van der Waals surface area contributed by atoms with Crippen molar-refractivity contribution in [2.24, 2.45) is 0 Å². The Morgan fingerprint density at radius 2 is 0.632 bits per heavy atom. The van der Waals surface area contributed by atoms with Crippen LogP contribution < -0.4 is 0 Å². The van der Waals surface area contributed by atoms with Gasteiger partial charge in [-0.25, -0.2) is 0 Å². The molecule has 0 aliphatic carbocycles. The van der Waals surface area contributed by atoms with Gasteiger partial charge in [-0.1, -0.05) is 177 Å². The van der Waals surface area contributed by atoms with E-state index in [2.05, 4.69) is 13.8 Å². The van der Waals surface area contributed by atoms with Gasteiger partial charge in [-0.15, -0.1) is 0 Å². The fourth-order valence-electron chi connectivity index (χ4n) is 4.52. The third-order valence-corrected chi connectivity index (χ3v) is 9.04. The fraction of sp³-hybridized carbons (Fsp3) is 0.938. The molecule has 0 fully saturated rings. The third kappa shape index (κ3) is 31.9. The van der Waals surface area contributed by atoms with Crippen LogP contribution in [0.25, 0.3) is 0 Å². The van der Waals surface area contributed by atoms with Gasteiger partial charge in [0.2, 0.25) is 0 Å². The molecule has 38 heavy (non-hydrogen) atoms. The quantitative estimate of drug-likeness (QED) is 0.0466. The Bertz CT molecular complexity index is 458. The van der Waals surface area contributed by atoms with Crippen molar-refractivity contribution in [3.8, 4) is 0 Å². The molecule has 0 bridgehead atoms. The van der Waals surface area contributed by atoms with E-state index in [1.165, 1.54) is 150 Å². The summed E-state index contributed by atoms with van der Waals surface area (Å²) < 4.78 is 10.6. The monoisotopic (exact) mass is 574 g/mol. The Morgan fingerprint density at radius 1 is 0.395 bits per heavy atom. The first-order chi connectivity index (χ1) is 18.7. The van der Waals surface area contributed by atoms with Crippen LogP contribution in [0.3, 0.4) is 0 Å². The lowest BCUT2D eigenvalue weighted by Crippen LogP contribution is -2.10. The second-order valence-corrected chi connectivity index (χ2v) is 13.2. The van der Waals surface area contributed by atoms with E-state index in [-0.39, 0.29) is 23.4 Å². The summed E-state index contributed by atoms with van der Waals surface area (Å²) >= 11 is 0. The minimum absolute atomic E-state index is 0.185. The zero-order valence-corrected chi connectivity index (χ0v) is 26.9. The number of carbonyl (C=O) groups is 2. The molecule has 0 heterocycles. The van der Waals surface area contributed by atoms with E-state index >= 15 is 0 Å². The van der Waals surface area contributed by atoms with Crippen LogP contribution in [0.5, 0.6) is 0 Å². The molecule has 0 saturated carbocycles. The summed E-state index contributed by atoms with van der Waals surface area (Å²) in [5.74, 6) is 0.204. The highest BCUT2D eigenvalue weighted by Gasteiger charge is 2.07. The molecule has 0 unspecified atom stereocenters. The molecule has 0 aliphatic heterocycles. The predicted octanol–water partition coefficient (Wildman–Crippen LogP) is 10.9. The van der Waals surface area contributed by atoms with Crippen LogP contribution in [0.15, 0.2) is 0 Å². The summed E-state index contributed by atoms with van der Waals surface area (Å²) in [6.45, 7) is 5.56. The molecule has 0 radical (unpaired) electrons. The van der Waals surface area contributed by atoms with Crippen LogP contribution in [-0.4, -0.2) is 36.7 Å². The first-order valence-corrected chi connectivity index (χ1v) is 18.7. The molecule has 0 aliphatic rings. The van der Waals surface area contributed by atoms with Crippen LogP contribution in [0.2, 0.25) is 0 Å². The lowest BCUT2D eigenvalue weighted by Gasteiger charge is -2.06. The number of hydrogen-bond acceptors (Lipinski definition) is 6. The number of ether oxygens (including phenoxy) is 2. The maximum Gasteiger partial charge on any atom is 0.316 e. The van der Waals surface area contributed by atoms with Gasteiger partial charge < -0.3 is 9.47 Å². The van der Waals surface area contributed by atoms with Crippen molar-refractivity contribution in [2.75, 3.05) is 24.7 Å². The minimum Gasteiger partial charge on any atom is -0.465 e. The summed E-state index contributed by atoms with van der Waals surface area (Å²) in [4.78, 5) is 23.7. The third-order valence-electron chi connectivity index (χ3n) is 6.96. The number of carbonyl (C=O) groups excluding carboxylic acids is 2. The van der Waals surface area contributed by atoms with E-state index in [0.29, 0.717) is 13.2 Å². The number of hydrogen-bond donors (Lipinski definition) is 0. The summed E-state index contributed by atoms with van der Waals surface area (Å²) in [5, 5.41) is 0. The maximum absolute atomic E-state index is 11.8. The van der Waals surface area contributed by atoms with Crippen LogP contribution in [0.4, 0.5) is 0 Å². The van der Waals surface area contributed by atoms with Crippen molar-refractivity contribution in [1.82, 2.24) is 0 Å². The zero-order valence-electron chi connectivity index (χ0n) is 25.2. The highest BCUT2D eigenvalue weighted by molar-refractivity contribution is 8.77. The van der Waals surface area contributed by atoms with E-state index in [1.54, 1.807) is 0 Å². The van der Waals surface area contributed by atoms with Crippen molar-refractivity contribution >= 4 is 33.5 Å². The van der Waals surface area contributed by atoms with Gasteiger partial charge >= 0.3 is 11.9 Å². The van der Waals surface area contributed by atoms with Crippen LogP contribution in [0.1, 0.15) is 168 Å². The first kappa shape index (κ1) is 37.6. The van der Waals surface area contributed by atoms with Crippen LogP contribution in [-0.2, 0) is 19.1 Å². The van der Waals surface area contributed by atoms with E-state index in [9.17, 15) is 9.59 Å². The maximum atomic E-state index is 11.8. The predicted molar refractivity (Wildman–Crippen MR) is 169 cm³/mol. The lowest BCUT2D eigenvalue weighted by atomic mass is 10.1. The number of rotatable bonds is 31.